The molecule has 0 radical (unpaired) electrons. The van der Waals surface area contributed by atoms with Crippen molar-refractivity contribution in [1.29, 1.82) is 0 Å². The first kappa shape index (κ1) is 18.6. The fourth-order valence-electron chi connectivity index (χ4n) is 4.27. The number of carbonyl (C=O) groups is 1. The Bertz CT molecular complexity index is 1230. The van der Waals surface area contributed by atoms with Gasteiger partial charge >= 0.3 is 0 Å². The predicted molar refractivity (Wildman–Crippen MR) is 122 cm³/mol. The summed E-state index contributed by atoms with van der Waals surface area (Å²) in [7, 11) is 2.05. The highest BCUT2D eigenvalue weighted by molar-refractivity contribution is 6.04. The van der Waals surface area contributed by atoms with E-state index in [0.717, 1.165) is 59.4 Å². The van der Waals surface area contributed by atoms with E-state index in [0.29, 0.717) is 0 Å². The summed E-state index contributed by atoms with van der Waals surface area (Å²) in [5.74, 6) is 0.943. The van der Waals surface area contributed by atoms with Crippen LogP contribution in [-0.4, -0.2) is 42.6 Å². The monoisotopic (exact) mass is 399 g/mol. The highest BCUT2D eigenvalue weighted by atomic mass is 16.1. The highest BCUT2D eigenvalue weighted by Gasteiger charge is 2.24. The Labute approximate surface area is 175 Å². The molecule has 6 heteroatoms. The molecule has 1 aliphatic rings. The fourth-order valence-corrected chi connectivity index (χ4v) is 4.27. The van der Waals surface area contributed by atoms with Gasteiger partial charge < -0.3 is 20.5 Å². The average Bonchev–Trinajstić information content (AvgIpc) is 3.35. The second kappa shape index (κ2) is 7.80. The third-order valence-electron chi connectivity index (χ3n) is 5.83. The molecule has 152 valence electrons. The molecule has 2 aromatic carbocycles. The Kier molecular flexibility index (Phi) is 4.85. The molecule has 0 saturated heterocycles. The normalized spacial score (nSPS) is 13.2. The maximum absolute atomic E-state index is 12.7. The van der Waals surface area contributed by atoms with Crippen LogP contribution in [0.1, 0.15) is 11.1 Å². The van der Waals surface area contributed by atoms with Gasteiger partial charge in [-0.2, -0.15) is 0 Å². The summed E-state index contributed by atoms with van der Waals surface area (Å²) in [5.41, 5.74) is 5.35. The number of pyridine rings is 1. The number of aromatic amines is 1. The Morgan fingerprint density at radius 2 is 1.93 bits per heavy atom. The Morgan fingerprint density at radius 3 is 2.83 bits per heavy atom. The zero-order chi connectivity index (χ0) is 20.5. The van der Waals surface area contributed by atoms with Crippen molar-refractivity contribution >= 4 is 39.2 Å². The molecule has 3 N–H and O–H groups in total. The van der Waals surface area contributed by atoms with E-state index in [-0.39, 0.29) is 12.5 Å². The minimum Gasteiger partial charge on any atom is -0.361 e. The lowest BCUT2D eigenvalue weighted by atomic mass is 10.1. The van der Waals surface area contributed by atoms with Gasteiger partial charge in [-0.3, -0.25) is 4.79 Å². The summed E-state index contributed by atoms with van der Waals surface area (Å²) in [6.45, 7) is 1.95. The van der Waals surface area contributed by atoms with Crippen LogP contribution in [0.4, 0.5) is 11.5 Å². The molecule has 0 bridgehead atoms. The first-order valence-electron chi connectivity index (χ1n) is 10.4. The Morgan fingerprint density at radius 1 is 1.13 bits per heavy atom. The number of rotatable bonds is 6. The van der Waals surface area contributed by atoms with Crippen LogP contribution < -0.4 is 15.5 Å². The fraction of sp³-hybridized carbons (Fsp3) is 0.250. The van der Waals surface area contributed by atoms with E-state index in [1.54, 1.807) is 0 Å². The minimum absolute atomic E-state index is 0.0259. The number of nitrogens with one attached hydrogen (secondary N) is 3. The van der Waals surface area contributed by atoms with Gasteiger partial charge in [-0.1, -0.05) is 36.4 Å². The molecule has 0 aliphatic carbocycles. The first-order valence-corrected chi connectivity index (χ1v) is 10.4. The lowest BCUT2D eigenvalue weighted by molar-refractivity contribution is -0.115. The van der Waals surface area contributed by atoms with Gasteiger partial charge in [-0.15, -0.1) is 0 Å². The third kappa shape index (κ3) is 3.39. The van der Waals surface area contributed by atoms with E-state index >= 15 is 0 Å². The van der Waals surface area contributed by atoms with E-state index in [4.69, 9.17) is 4.98 Å². The molecule has 0 saturated carbocycles. The summed E-state index contributed by atoms with van der Waals surface area (Å²) in [6, 6.07) is 16.3. The molecule has 0 fully saturated rings. The number of benzene rings is 2. The van der Waals surface area contributed by atoms with Gasteiger partial charge in [0, 0.05) is 41.6 Å². The number of anilines is 2. The lowest BCUT2D eigenvalue weighted by Gasteiger charge is -2.16. The van der Waals surface area contributed by atoms with Gasteiger partial charge in [-0.05, 0) is 37.1 Å². The Balaban J connectivity index is 1.25. The van der Waals surface area contributed by atoms with Crippen LogP contribution in [0.3, 0.4) is 0 Å². The van der Waals surface area contributed by atoms with E-state index in [1.165, 1.54) is 10.9 Å². The molecule has 1 aliphatic heterocycles. The molecule has 1 amide bonds. The second-order valence-corrected chi connectivity index (χ2v) is 7.81. The summed E-state index contributed by atoms with van der Waals surface area (Å²) in [4.78, 5) is 22.9. The van der Waals surface area contributed by atoms with Crippen molar-refractivity contribution in [3.63, 3.8) is 0 Å². The molecule has 0 spiro atoms. The average molecular weight is 399 g/mol. The molecule has 0 unspecified atom stereocenters. The summed E-state index contributed by atoms with van der Waals surface area (Å²) in [6.07, 6.45) is 3.82. The number of aromatic nitrogens is 2. The van der Waals surface area contributed by atoms with Gasteiger partial charge in [0.2, 0.25) is 5.91 Å². The molecule has 5 rings (SSSR count). The quantitative estimate of drug-likeness (QED) is 0.434. The number of hydrogen-bond donors (Lipinski definition) is 3. The maximum atomic E-state index is 12.7. The number of amides is 1. The summed E-state index contributed by atoms with van der Waals surface area (Å²) in [5, 5.41) is 8.68. The number of likely N-dealkylation sites (N-methyl/N-ethyl adjacent to an activating group) is 1. The smallest absolute Gasteiger partial charge is 0.238 e. The molecule has 2 aromatic heterocycles. The van der Waals surface area contributed by atoms with E-state index in [9.17, 15) is 4.79 Å². The van der Waals surface area contributed by atoms with Crippen molar-refractivity contribution in [2.45, 2.75) is 12.8 Å². The number of carbonyl (C=O) groups excluding carboxylic acids is 1. The first-order chi connectivity index (χ1) is 14.7. The van der Waals surface area contributed by atoms with Crippen LogP contribution in [0.5, 0.6) is 0 Å². The maximum Gasteiger partial charge on any atom is 0.238 e. The zero-order valence-corrected chi connectivity index (χ0v) is 17.0. The van der Waals surface area contributed by atoms with Crippen molar-refractivity contribution in [2.24, 2.45) is 0 Å². The van der Waals surface area contributed by atoms with Crippen LogP contribution in [0.15, 0.2) is 54.7 Å². The number of fused-ring (bicyclic) bond motifs is 3. The van der Waals surface area contributed by atoms with Crippen molar-refractivity contribution in [3.8, 4) is 0 Å². The van der Waals surface area contributed by atoms with Gasteiger partial charge in [0.1, 0.15) is 5.82 Å². The van der Waals surface area contributed by atoms with Crippen molar-refractivity contribution in [2.75, 3.05) is 36.9 Å². The van der Waals surface area contributed by atoms with Crippen LogP contribution in [-0.2, 0) is 17.6 Å². The van der Waals surface area contributed by atoms with E-state index < -0.39 is 0 Å². The Hall–Kier alpha value is -3.38. The van der Waals surface area contributed by atoms with Crippen LogP contribution in [0.2, 0.25) is 0 Å². The van der Waals surface area contributed by atoms with Crippen LogP contribution in [0.25, 0.3) is 21.8 Å². The summed E-state index contributed by atoms with van der Waals surface area (Å²) >= 11 is 0. The number of nitrogens with zero attached hydrogens (tertiary/aromatic N) is 2. The third-order valence-corrected chi connectivity index (χ3v) is 5.83. The SMILES string of the molecule is CN1CCc2c1nc1ccccc1c2NC(=O)CNCCc1c[nH]c2ccccc12. The topological polar surface area (TPSA) is 73.1 Å². The largest absolute Gasteiger partial charge is 0.361 e. The van der Waals surface area contributed by atoms with Gasteiger partial charge in [0.05, 0.1) is 17.7 Å². The molecule has 3 heterocycles. The van der Waals surface area contributed by atoms with Gasteiger partial charge in [0.25, 0.3) is 0 Å². The second-order valence-electron chi connectivity index (χ2n) is 7.81. The van der Waals surface area contributed by atoms with Crippen molar-refractivity contribution in [3.05, 3.63) is 65.9 Å². The molecule has 4 aromatic rings. The zero-order valence-electron chi connectivity index (χ0n) is 17.0. The molecule has 0 atom stereocenters. The van der Waals surface area contributed by atoms with E-state index in [2.05, 4.69) is 44.9 Å². The molecular weight excluding hydrogens is 374 g/mol. The van der Waals surface area contributed by atoms with Gasteiger partial charge in [0.15, 0.2) is 0 Å². The molecule has 6 nitrogen and oxygen atoms in total. The molecule has 30 heavy (non-hydrogen) atoms. The number of H-pyrrole nitrogens is 1. The summed E-state index contributed by atoms with van der Waals surface area (Å²) < 4.78 is 0. The van der Waals surface area contributed by atoms with Crippen LogP contribution in [0, 0.1) is 0 Å². The lowest BCUT2D eigenvalue weighted by Crippen LogP contribution is -2.30. The molecular formula is C24H25N5O. The van der Waals surface area contributed by atoms with Crippen LogP contribution >= 0.6 is 0 Å². The van der Waals surface area contributed by atoms with E-state index in [1.807, 2.05) is 37.4 Å². The number of para-hydroxylation sites is 2. The highest BCUT2D eigenvalue weighted by Crippen LogP contribution is 2.36. The minimum atomic E-state index is -0.0259. The number of hydrogen-bond acceptors (Lipinski definition) is 4. The van der Waals surface area contributed by atoms with Crippen molar-refractivity contribution < 1.29 is 4.79 Å². The predicted octanol–water partition coefficient (Wildman–Crippen LogP) is 3.48. The van der Waals surface area contributed by atoms with Crippen molar-refractivity contribution in [1.82, 2.24) is 15.3 Å². The standard InChI is InChI=1S/C24H25N5O/c1-29-13-11-19-23(18-7-3-5-9-21(18)27-24(19)29)28-22(30)15-25-12-10-16-14-26-20-8-4-2-6-17(16)20/h2-9,14,25-26H,10-13,15H2,1H3,(H,27,28,30). The van der Waals surface area contributed by atoms with Gasteiger partial charge in [-0.25, -0.2) is 4.98 Å².